The molecule has 1 aromatic rings. The van der Waals surface area contributed by atoms with Crippen LogP contribution in [0.1, 0.15) is 32.3 Å². The Hall–Kier alpha value is -2.48. The number of carboxylic acid groups (broad SMARTS) is 1. The lowest BCUT2D eigenvalue weighted by atomic mass is 9.99. The van der Waals surface area contributed by atoms with E-state index >= 15 is 0 Å². The molecule has 0 aliphatic heterocycles. The first-order chi connectivity index (χ1) is 11.3. The normalized spacial score (nSPS) is 13.1. The van der Waals surface area contributed by atoms with E-state index in [1.807, 2.05) is 13.8 Å². The van der Waals surface area contributed by atoms with Crippen LogP contribution in [0.15, 0.2) is 18.2 Å². The summed E-state index contributed by atoms with van der Waals surface area (Å²) in [7, 11) is 0. The third kappa shape index (κ3) is 5.31. The molecule has 1 rings (SSSR count). The van der Waals surface area contributed by atoms with E-state index in [2.05, 4.69) is 10.6 Å². The van der Waals surface area contributed by atoms with Crippen LogP contribution in [0.2, 0.25) is 0 Å². The van der Waals surface area contributed by atoms with Crippen LogP contribution >= 0.6 is 0 Å². The van der Waals surface area contributed by atoms with E-state index in [1.165, 1.54) is 12.1 Å². The quantitative estimate of drug-likeness (QED) is 0.469. The van der Waals surface area contributed by atoms with Crippen LogP contribution in [0.5, 0.6) is 0 Å². The molecule has 0 radical (unpaired) electrons. The molecule has 0 saturated carbocycles. The Labute approximate surface area is 140 Å². The highest BCUT2D eigenvalue weighted by Gasteiger charge is 2.22. The van der Waals surface area contributed by atoms with Crippen LogP contribution in [0, 0.1) is 23.0 Å². The Morgan fingerprint density at radius 1 is 1.38 bits per heavy atom. The second kappa shape index (κ2) is 8.97. The van der Waals surface area contributed by atoms with Crippen molar-refractivity contribution in [3.8, 4) is 0 Å². The molecule has 8 heteroatoms. The molecule has 0 aliphatic rings. The number of carboxylic acids is 1. The van der Waals surface area contributed by atoms with Gasteiger partial charge in [0.15, 0.2) is 0 Å². The fourth-order valence-corrected chi connectivity index (χ4v) is 2.28. The van der Waals surface area contributed by atoms with Crippen molar-refractivity contribution in [2.45, 2.75) is 39.7 Å². The van der Waals surface area contributed by atoms with Crippen molar-refractivity contribution in [2.75, 3.05) is 11.9 Å². The van der Waals surface area contributed by atoms with Crippen LogP contribution in [0.4, 0.5) is 11.4 Å². The van der Waals surface area contributed by atoms with Crippen molar-refractivity contribution in [1.82, 2.24) is 5.32 Å². The molecule has 0 bridgehead atoms. The average Bonchev–Trinajstić information content (AvgIpc) is 2.52. The van der Waals surface area contributed by atoms with Crippen molar-refractivity contribution < 1.29 is 19.6 Å². The predicted molar refractivity (Wildman–Crippen MR) is 90.0 cm³/mol. The van der Waals surface area contributed by atoms with Gasteiger partial charge in [-0.1, -0.05) is 26.3 Å². The van der Waals surface area contributed by atoms with E-state index in [1.54, 1.807) is 13.0 Å². The van der Waals surface area contributed by atoms with E-state index in [-0.39, 0.29) is 30.5 Å². The number of nitrogens with zero attached hydrogens (tertiary/aromatic N) is 1. The van der Waals surface area contributed by atoms with Gasteiger partial charge in [0.05, 0.1) is 16.2 Å². The number of hydrogen-bond acceptors (Lipinski definition) is 5. The summed E-state index contributed by atoms with van der Waals surface area (Å²) in [4.78, 5) is 33.5. The topological polar surface area (TPSA) is 122 Å². The Bertz CT molecular complexity index is 618. The third-order valence-electron chi connectivity index (χ3n) is 3.97. The largest absolute Gasteiger partial charge is 0.480 e. The Morgan fingerprint density at radius 2 is 2.04 bits per heavy atom. The maximum Gasteiger partial charge on any atom is 0.320 e. The highest BCUT2D eigenvalue weighted by molar-refractivity contribution is 5.92. The maximum absolute atomic E-state index is 12.0. The van der Waals surface area contributed by atoms with Crippen molar-refractivity contribution in [2.24, 2.45) is 5.92 Å². The second-order valence-corrected chi connectivity index (χ2v) is 5.66. The number of hydrogen-bond donors (Lipinski definition) is 3. The number of benzene rings is 1. The van der Waals surface area contributed by atoms with Gasteiger partial charge in [-0.15, -0.1) is 0 Å². The van der Waals surface area contributed by atoms with E-state index in [4.69, 9.17) is 5.11 Å². The minimum absolute atomic E-state index is 0.0513. The predicted octanol–water partition coefficient (Wildman–Crippen LogP) is 2.32. The molecule has 0 aliphatic carbocycles. The molecular weight excluding hydrogens is 314 g/mol. The summed E-state index contributed by atoms with van der Waals surface area (Å²) in [5.74, 6) is -1.33. The highest BCUT2D eigenvalue weighted by Crippen LogP contribution is 2.25. The van der Waals surface area contributed by atoms with Gasteiger partial charge in [0.1, 0.15) is 6.04 Å². The van der Waals surface area contributed by atoms with Gasteiger partial charge in [-0.05, 0) is 18.9 Å². The zero-order valence-electron chi connectivity index (χ0n) is 14.0. The van der Waals surface area contributed by atoms with Gasteiger partial charge in [0.2, 0.25) is 5.91 Å². The zero-order chi connectivity index (χ0) is 18.3. The number of aliphatic carboxylic acids is 1. The van der Waals surface area contributed by atoms with Crippen LogP contribution in [-0.4, -0.2) is 34.5 Å². The molecule has 0 fully saturated rings. The molecular formula is C16H23N3O5. The number of carbonyl (C=O) groups excluding carboxylic acids is 1. The highest BCUT2D eigenvalue weighted by atomic mass is 16.6. The molecule has 132 valence electrons. The van der Waals surface area contributed by atoms with Gasteiger partial charge in [-0.3, -0.25) is 19.7 Å². The second-order valence-electron chi connectivity index (χ2n) is 5.66. The fourth-order valence-electron chi connectivity index (χ4n) is 2.28. The summed E-state index contributed by atoms with van der Waals surface area (Å²) in [6, 6.07) is 3.76. The van der Waals surface area contributed by atoms with Crippen molar-refractivity contribution >= 4 is 23.3 Å². The summed E-state index contributed by atoms with van der Waals surface area (Å²) in [5.41, 5.74) is 0.700. The molecule has 2 atom stereocenters. The Kier molecular flexibility index (Phi) is 7.31. The zero-order valence-corrected chi connectivity index (χ0v) is 14.0. The molecule has 0 saturated heterocycles. The molecule has 0 aromatic heterocycles. The van der Waals surface area contributed by atoms with Crippen LogP contribution in [0.3, 0.4) is 0 Å². The number of amides is 1. The van der Waals surface area contributed by atoms with Gasteiger partial charge in [-0.2, -0.15) is 0 Å². The molecule has 1 amide bonds. The lowest BCUT2D eigenvalue weighted by Crippen LogP contribution is -2.42. The summed E-state index contributed by atoms with van der Waals surface area (Å²) in [6.45, 7) is 5.51. The first-order valence-electron chi connectivity index (χ1n) is 7.78. The van der Waals surface area contributed by atoms with Gasteiger partial charge in [0.25, 0.3) is 5.69 Å². The van der Waals surface area contributed by atoms with Crippen molar-refractivity contribution in [3.63, 3.8) is 0 Å². The molecule has 8 nitrogen and oxygen atoms in total. The first-order valence-corrected chi connectivity index (χ1v) is 7.78. The lowest BCUT2D eigenvalue weighted by molar-refractivity contribution is -0.385. The van der Waals surface area contributed by atoms with Gasteiger partial charge in [-0.25, -0.2) is 0 Å². The number of nitro benzene ring substituents is 1. The molecule has 3 N–H and O–H groups in total. The summed E-state index contributed by atoms with van der Waals surface area (Å²) >= 11 is 0. The van der Waals surface area contributed by atoms with Gasteiger partial charge < -0.3 is 15.7 Å². The monoisotopic (exact) mass is 337 g/mol. The first kappa shape index (κ1) is 19.6. The molecule has 1 aromatic carbocycles. The van der Waals surface area contributed by atoms with Crippen molar-refractivity contribution in [1.29, 1.82) is 0 Å². The lowest BCUT2D eigenvalue weighted by Gasteiger charge is -2.20. The van der Waals surface area contributed by atoms with Gasteiger partial charge >= 0.3 is 5.97 Å². The van der Waals surface area contributed by atoms with E-state index in [0.29, 0.717) is 17.7 Å². The summed E-state index contributed by atoms with van der Waals surface area (Å²) in [5, 5.41) is 25.5. The molecule has 0 spiro atoms. The molecule has 24 heavy (non-hydrogen) atoms. The number of nitro groups is 1. The van der Waals surface area contributed by atoms with Crippen LogP contribution in [-0.2, 0) is 9.59 Å². The maximum atomic E-state index is 12.0. The minimum Gasteiger partial charge on any atom is -0.480 e. The Morgan fingerprint density at radius 3 is 2.58 bits per heavy atom. The van der Waals surface area contributed by atoms with Crippen LogP contribution in [0.25, 0.3) is 0 Å². The summed E-state index contributed by atoms with van der Waals surface area (Å²) < 4.78 is 0. The van der Waals surface area contributed by atoms with E-state index in [9.17, 15) is 19.7 Å². The molecule has 0 heterocycles. The van der Waals surface area contributed by atoms with E-state index in [0.717, 1.165) is 0 Å². The minimum atomic E-state index is -0.945. The number of anilines is 1. The standard InChI is InChI=1S/C16H23N3O5/c1-4-10(2)15(16(21)22)17-9-8-14(20)18-12-6-5-7-13(11(12)3)19(23)24/h5-7,10,15,17H,4,8-9H2,1-3H3,(H,18,20)(H,21,22)/t10-,15-/m0/s1. The molecule has 0 unspecified atom stereocenters. The third-order valence-corrected chi connectivity index (χ3v) is 3.97. The fraction of sp³-hybridized carbons (Fsp3) is 0.500. The smallest absolute Gasteiger partial charge is 0.320 e. The van der Waals surface area contributed by atoms with Gasteiger partial charge in [0, 0.05) is 19.0 Å². The summed E-state index contributed by atoms with van der Waals surface area (Å²) in [6.07, 6.45) is 0.783. The number of nitrogens with one attached hydrogen (secondary N) is 2. The Balaban J connectivity index is 2.60. The SMILES string of the molecule is CC[C@H](C)[C@H](NCCC(=O)Nc1cccc([N+](=O)[O-])c1C)C(=O)O. The number of rotatable bonds is 9. The van der Waals surface area contributed by atoms with Crippen molar-refractivity contribution in [3.05, 3.63) is 33.9 Å². The van der Waals surface area contributed by atoms with E-state index < -0.39 is 16.9 Å². The number of carbonyl (C=O) groups is 2. The average molecular weight is 337 g/mol. The van der Waals surface area contributed by atoms with Crippen LogP contribution < -0.4 is 10.6 Å².